The van der Waals surface area contributed by atoms with Gasteiger partial charge in [0.1, 0.15) is 0 Å². The number of ether oxygens (including phenoxy) is 1. The average Bonchev–Trinajstić information content (AvgIpc) is 2.45. The molecule has 0 saturated carbocycles. The van der Waals surface area contributed by atoms with Crippen molar-refractivity contribution in [3.05, 3.63) is 0 Å². The first kappa shape index (κ1) is 19.2. The van der Waals surface area contributed by atoms with Crippen molar-refractivity contribution in [2.75, 3.05) is 26.3 Å². The predicted molar refractivity (Wildman–Crippen MR) is 92.3 cm³/mol. The van der Waals surface area contributed by atoms with E-state index in [4.69, 9.17) is 4.74 Å². The average molecular weight is 313 g/mol. The monoisotopic (exact) mass is 313 g/mol. The third kappa shape index (κ3) is 7.99. The van der Waals surface area contributed by atoms with Crippen molar-refractivity contribution < 1.29 is 9.84 Å². The highest BCUT2D eigenvalue weighted by Crippen LogP contribution is 2.20. The van der Waals surface area contributed by atoms with Crippen molar-refractivity contribution in [3.63, 3.8) is 0 Å². The Morgan fingerprint density at radius 2 is 1.91 bits per heavy atom. The molecule has 1 unspecified atom stereocenters. The molecular formula is C17H35N3O2. The third-order valence-electron chi connectivity index (χ3n) is 4.10. The number of hydrogen-bond acceptors (Lipinski definition) is 3. The lowest BCUT2D eigenvalue weighted by atomic mass is 9.95. The van der Waals surface area contributed by atoms with E-state index in [9.17, 15) is 5.11 Å². The number of nitrogens with zero attached hydrogens (tertiary/aromatic N) is 1. The van der Waals surface area contributed by atoms with Gasteiger partial charge in [-0.3, -0.25) is 4.99 Å². The Balaban J connectivity index is 2.43. The van der Waals surface area contributed by atoms with Gasteiger partial charge in [-0.15, -0.1) is 0 Å². The Labute approximate surface area is 135 Å². The molecule has 1 aliphatic heterocycles. The standard InChI is InChI=1S/C17H35N3O2/c1-5-18-16(20-15(4)8-6-7-14(2)3)19-13-17(21)9-11-22-12-10-17/h14-15,21H,5-13H2,1-4H3,(H2,18,19,20). The number of aliphatic hydroxyl groups is 1. The second-order valence-electron chi connectivity index (χ2n) is 6.90. The summed E-state index contributed by atoms with van der Waals surface area (Å²) in [5.74, 6) is 1.57. The Kier molecular flexibility index (Phi) is 8.79. The van der Waals surface area contributed by atoms with Crippen LogP contribution in [0.2, 0.25) is 0 Å². The maximum atomic E-state index is 10.5. The molecule has 0 aromatic carbocycles. The minimum absolute atomic E-state index is 0.390. The molecule has 0 aliphatic carbocycles. The van der Waals surface area contributed by atoms with Gasteiger partial charge in [0, 0.05) is 38.6 Å². The zero-order chi connectivity index (χ0) is 16.4. The largest absolute Gasteiger partial charge is 0.388 e. The van der Waals surface area contributed by atoms with Crippen LogP contribution >= 0.6 is 0 Å². The molecule has 5 nitrogen and oxygen atoms in total. The quantitative estimate of drug-likeness (QED) is 0.475. The molecule has 1 heterocycles. The molecule has 1 saturated heterocycles. The summed E-state index contributed by atoms with van der Waals surface area (Å²) in [5.41, 5.74) is -0.707. The van der Waals surface area contributed by atoms with E-state index in [0.29, 0.717) is 38.6 Å². The van der Waals surface area contributed by atoms with Crippen molar-refractivity contribution in [1.29, 1.82) is 0 Å². The molecule has 22 heavy (non-hydrogen) atoms. The van der Waals surface area contributed by atoms with E-state index >= 15 is 0 Å². The maximum absolute atomic E-state index is 10.5. The van der Waals surface area contributed by atoms with Crippen molar-refractivity contribution >= 4 is 5.96 Å². The molecule has 0 amide bonds. The summed E-state index contributed by atoms with van der Waals surface area (Å²) in [6.45, 7) is 11.3. The fourth-order valence-electron chi connectivity index (χ4n) is 2.59. The van der Waals surface area contributed by atoms with Crippen molar-refractivity contribution in [1.82, 2.24) is 10.6 Å². The van der Waals surface area contributed by atoms with E-state index in [-0.39, 0.29) is 0 Å². The van der Waals surface area contributed by atoms with Crippen molar-refractivity contribution in [2.24, 2.45) is 10.9 Å². The number of guanidine groups is 1. The Morgan fingerprint density at radius 1 is 1.23 bits per heavy atom. The number of nitrogens with one attached hydrogen (secondary N) is 2. The lowest BCUT2D eigenvalue weighted by molar-refractivity contribution is -0.0566. The predicted octanol–water partition coefficient (Wildman–Crippen LogP) is 2.30. The fraction of sp³-hybridized carbons (Fsp3) is 0.941. The summed E-state index contributed by atoms with van der Waals surface area (Å²) >= 11 is 0. The number of hydrogen-bond donors (Lipinski definition) is 3. The smallest absolute Gasteiger partial charge is 0.191 e. The third-order valence-corrected chi connectivity index (χ3v) is 4.10. The van der Waals surface area contributed by atoms with Gasteiger partial charge in [0.05, 0.1) is 12.1 Å². The van der Waals surface area contributed by atoms with Gasteiger partial charge in [0.2, 0.25) is 0 Å². The molecule has 0 spiro atoms. The maximum Gasteiger partial charge on any atom is 0.191 e. The van der Waals surface area contributed by atoms with Crippen LogP contribution in [0.3, 0.4) is 0 Å². The van der Waals surface area contributed by atoms with E-state index in [0.717, 1.165) is 24.8 Å². The summed E-state index contributed by atoms with van der Waals surface area (Å²) in [7, 11) is 0. The van der Waals surface area contributed by atoms with Crippen molar-refractivity contribution in [3.8, 4) is 0 Å². The SMILES string of the molecule is CCNC(=NCC1(O)CCOCC1)NC(C)CCCC(C)C. The van der Waals surface area contributed by atoms with Crippen LogP contribution in [0, 0.1) is 5.92 Å². The molecular weight excluding hydrogens is 278 g/mol. The van der Waals surface area contributed by atoms with E-state index in [2.05, 4.69) is 43.3 Å². The Hall–Kier alpha value is -0.810. The van der Waals surface area contributed by atoms with Gasteiger partial charge >= 0.3 is 0 Å². The van der Waals surface area contributed by atoms with Crippen LogP contribution in [0.25, 0.3) is 0 Å². The molecule has 130 valence electrons. The molecule has 1 rings (SSSR count). The van der Waals surface area contributed by atoms with Crippen molar-refractivity contribution in [2.45, 2.75) is 71.4 Å². The molecule has 5 heteroatoms. The zero-order valence-electron chi connectivity index (χ0n) is 14.8. The summed E-state index contributed by atoms with van der Waals surface area (Å²) in [5, 5.41) is 17.2. The second kappa shape index (κ2) is 10.1. The van der Waals surface area contributed by atoms with Crippen LogP contribution in [0.4, 0.5) is 0 Å². The van der Waals surface area contributed by atoms with E-state index in [1.807, 2.05) is 0 Å². The van der Waals surface area contributed by atoms with Crippen LogP contribution in [0.15, 0.2) is 4.99 Å². The molecule has 1 atom stereocenters. The topological polar surface area (TPSA) is 65.9 Å². The highest BCUT2D eigenvalue weighted by atomic mass is 16.5. The highest BCUT2D eigenvalue weighted by molar-refractivity contribution is 5.80. The molecule has 3 N–H and O–H groups in total. The summed E-state index contributed by atoms with van der Waals surface area (Å²) in [6.07, 6.45) is 4.96. The normalized spacial score (nSPS) is 20.0. The number of aliphatic imine (C=N–C) groups is 1. The van der Waals surface area contributed by atoms with Gasteiger partial charge in [-0.05, 0) is 26.2 Å². The van der Waals surface area contributed by atoms with Crippen LogP contribution in [-0.2, 0) is 4.74 Å². The fourth-order valence-corrected chi connectivity index (χ4v) is 2.59. The Morgan fingerprint density at radius 3 is 2.50 bits per heavy atom. The van der Waals surface area contributed by atoms with Gasteiger partial charge in [-0.1, -0.05) is 26.7 Å². The molecule has 0 radical (unpaired) electrons. The van der Waals surface area contributed by atoms with Crippen LogP contribution in [0.1, 0.15) is 59.8 Å². The summed E-state index contributed by atoms with van der Waals surface area (Å²) < 4.78 is 5.31. The zero-order valence-corrected chi connectivity index (χ0v) is 14.8. The van der Waals surface area contributed by atoms with Gasteiger partial charge in [0.15, 0.2) is 5.96 Å². The summed E-state index contributed by atoms with van der Waals surface area (Å²) in [4.78, 5) is 4.58. The highest BCUT2D eigenvalue weighted by Gasteiger charge is 2.29. The Bertz CT molecular complexity index is 326. The molecule has 0 aromatic rings. The van der Waals surface area contributed by atoms with Crippen LogP contribution < -0.4 is 10.6 Å². The minimum atomic E-state index is -0.707. The second-order valence-corrected chi connectivity index (χ2v) is 6.90. The van der Waals surface area contributed by atoms with Gasteiger partial charge in [0.25, 0.3) is 0 Å². The molecule has 1 fully saturated rings. The molecule has 0 bridgehead atoms. The molecule has 0 aromatic heterocycles. The minimum Gasteiger partial charge on any atom is -0.388 e. The first-order chi connectivity index (χ1) is 10.4. The first-order valence-electron chi connectivity index (χ1n) is 8.80. The van der Waals surface area contributed by atoms with Crippen LogP contribution in [-0.4, -0.2) is 49.0 Å². The van der Waals surface area contributed by atoms with Gasteiger partial charge in [-0.25, -0.2) is 0 Å². The van der Waals surface area contributed by atoms with Crippen LogP contribution in [0.5, 0.6) is 0 Å². The van der Waals surface area contributed by atoms with E-state index in [1.165, 1.54) is 12.8 Å². The van der Waals surface area contributed by atoms with E-state index < -0.39 is 5.60 Å². The molecule has 1 aliphatic rings. The summed E-state index contributed by atoms with van der Waals surface area (Å²) in [6, 6.07) is 0.390. The first-order valence-corrected chi connectivity index (χ1v) is 8.80. The lowest BCUT2D eigenvalue weighted by Crippen LogP contribution is -2.45. The van der Waals surface area contributed by atoms with Gasteiger partial charge in [-0.2, -0.15) is 0 Å². The van der Waals surface area contributed by atoms with E-state index in [1.54, 1.807) is 0 Å². The van der Waals surface area contributed by atoms with Gasteiger partial charge < -0.3 is 20.5 Å². The lowest BCUT2D eigenvalue weighted by Gasteiger charge is -2.30. The number of rotatable bonds is 8.